The minimum atomic E-state index is -0.555. The largest absolute Gasteiger partial charge is 0.373 e. The first-order valence-corrected chi connectivity index (χ1v) is 10.3. The lowest BCUT2D eigenvalue weighted by Crippen LogP contribution is -2.41. The lowest BCUT2D eigenvalue weighted by molar-refractivity contribution is 0.108. The molecule has 3 rings (SSSR count). The van der Waals surface area contributed by atoms with Crippen LogP contribution in [0.15, 0.2) is 27.2 Å². The zero-order chi connectivity index (χ0) is 24.0. The van der Waals surface area contributed by atoms with Gasteiger partial charge >= 0.3 is 0 Å². The number of benzene rings is 1. The molecular weight excluding hydrogens is 442 g/mol. The van der Waals surface area contributed by atoms with Crippen molar-refractivity contribution in [1.82, 2.24) is 35.2 Å². The number of tetrazole rings is 1. The number of ether oxygens (including phenoxy) is 1. The number of aromatic amines is 1. The van der Waals surface area contributed by atoms with Gasteiger partial charge in [0.2, 0.25) is 0 Å². The number of H-pyrrole nitrogens is 1. The Morgan fingerprint density at radius 3 is 2.65 bits per heavy atom. The third-order valence-electron chi connectivity index (χ3n) is 5.28. The Bertz CT molecular complexity index is 1190. The maximum atomic E-state index is 13.3. The molecule has 2 heterocycles. The van der Waals surface area contributed by atoms with Gasteiger partial charge < -0.3 is 15.1 Å². The average Bonchev–Trinajstić information content (AvgIpc) is 3.30. The molecule has 0 saturated carbocycles. The molecule has 5 N–H and O–H groups in total. The molecule has 184 valence electrons. The highest BCUT2D eigenvalue weighted by Crippen LogP contribution is 2.18. The van der Waals surface area contributed by atoms with Crippen LogP contribution >= 0.6 is 0 Å². The Morgan fingerprint density at radius 2 is 2.03 bits per heavy atom. The molecule has 3 aromatic rings. The van der Waals surface area contributed by atoms with Gasteiger partial charge in [-0.3, -0.25) is 9.80 Å². The Kier molecular flexibility index (Phi) is 9.27. The molecule has 2 aromatic heterocycles. The van der Waals surface area contributed by atoms with Gasteiger partial charge in [0.05, 0.1) is 17.1 Å². The van der Waals surface area contributed by atoms with Crippen LogP contribution < -0.4 is 17.2 Å². The standard InChI is InChI=1S/C19H27N11O3.CH4/c1-11-8-14-15(9-12(11)2)30(19(31)17(22-14)18(23-20)29(3)21)6-4-13(26-32)5-7-33-10-16-24-27-28-25-16;/h8-9,13H,4-7,10,20-21H2,1-3H3,(H,24,25,27,28);1H4/b23-18-;. The van der Waals surface area contributed by atoms with E-state index >= 15 is 0 Å². The summed E-state index contributed by atoms with van der Waals surface area (Å²) in [5.41, 5.74) is 2.87. The van der Waals surface area contributed by atoms with E-state index in [9.17, 15) is 9.70 Å². The SMILES string of the molecule is C.Cc1cc2nc(/C(=N/N)N(C)N)c(=O)n(CCC(CCOCc3nn[nH]n3)N=O)c2cc1C. The molecule has 0 aliphatic carbocycles. The summed E-state index contributed by atoms with van der Waals surface area (Å²) in [7, 11) is 1.52. The molecule has 0 radical (unpaired) electrons. The van der Waals surface area contributed by atoms with Crippen LogP contribution in [0.25, 0.3) is 11.0 Å². The lowest BCUT2D eigenvalue weighted by Gasteiger charge is -2.18. The molecule has 14 heteroatoms. The van der Waals surface area contributed by atoms with Crippen LogP contribution in [0.1, 0.15) is 42.9 Å². The summed E-state index contributed by atoms with van der Waals surface area (Å²) in [6, 6.07) is 3.22. The molecule has 0 fully saturated rings. The topological polar surface area (TPSA) is 196 Å². The van der Waals surface area contributed by atoms with Crippen LogP contribution in [0.2, 0.25) is 0 Å². The highest BCUT2D eigenvalue weighted by atomic mass is 16.5. The van der Waals surface area contributed by atoms with Crippen molar-refractivity contribution < 1.29 is 4.74 Å². The van der Waals surface area contributed by atoms with Crippen LogP contribution in [-0.4, -0.2) is 60.7 Å². The lowest BCUT2D eigenvalue weighted by atomic mass is 10.1. The van der Waals surface area contributed by atoms with Crippen molar-refractivity contribution in [2.45, 2.75) is 53.3 Å². The normalized spacial score (nSPS) is 12.4. The molecule has 0 bridgehead atoms. The first kappa shape index (κ1) is 26.5. The van der Waals surface area contributed by atoms with E-state index in [0.29, 0.717) is 29.7 Å². The number of rotatable bonds is 10. The fraction of sp³-hybridized carbons (Fsp3) is 0.500. The first-order chi connectivity index (χ1) is 15.8. The van der Waals surface area contributed by atoms with E-state index in [1.54, 1.807) is 4.57 Å². The van der Waals surface area contributed by atoms with E-state index in [1.807, 2.05) is 26.0 Å². The number of aryl methyl sites for hydroxylation is 3. The van der Waals surface area contributed by atoms with E-state index in [1.165, 1.54) is 7.05 Å². The zero-order valence-corrected chi connectivity index (χ0v) is 18.7. The summed E-state index contributed by atoms with van der Waals surface area (Å²) in [5.74, 6) is 11.7. The molecule has 0 amide bonds. The number of nitrogens with zero attached hydrogens (tertiary/aromatic N) is 8. The predicted octanol–water partition coefficient (Wildman–Crippen LogP) is 0.720. The predicted molar refractivity (Wildman–Crippen MR) is 128 cm³/mol. The molecule has 0 aliphatic rings. The minimum Gasteiger partial charge on any atom is -0.373 e. The minimum absolute atomic E-state index is 0. The second-order valence-corrected chi connectivity index (χ2v) is 7.62. The number of hydrazine groups is 1. The molecule has 0 spiro atoms. The number of nitrogens with two attached hydrogens (primary N) is 2. The number of nitrogens with one attached hydrogen (secondary N) is 1. The Balaban J connectivity index is 0.00000408. The highest BCUT2D eigenvalue weighted by Gasteiger charge is 2.20. The van der Waals surface area contributed by atoms with Gasteiger partial charge in [-0.05, 0) is 49.9 Å². The van der Waals surface area contributed by atoms with Crippen molar-refractivity contribution >= 4 is 16.9 Å². The molecule has 1 atom stereocenters. The Morgan fingerprint density at radius 1 is 1.29 bits per heavy atom. The third kappa shape index (κ3) is 5.96. The van der Waals surface area contributed by atoms with Gasteiger partial charge in [0.15, 0.2) is 17.4 Å². The van der Waals surface area contributed by atoms with Crippen LogP contribution in [-0.2, 0) is 17.9 Å². The van der Waals surface area contributed by atoms with Gasteiger partial charge in [-0.15, -0.1) is 10.2 Å². The smallest absolute Gasteiger partial charge is 0.280 e. The summed E-state index contributed by atoms with van der Waals surface area (Å²) < 4.78 is 7.02. The van der Waals surface area contributed by atoms with Crippen molar-refractivity contribution in [3.05, 3.63) is 50.0 Å². The summed E-state index contributed by atoms with van der Waals surface area (Å²) in [5, 5.41) is 21.3. The number of hydrazone groups is 1. The van der Waals surface area contributed by atoms with Crippen molar-refractivity contribution in [1.29, 1.82) is 0 Å². The van der Waals surface area contributed by atoms with Crippen LogP contribution in [0.5, 0.6) is 0 Å². The number of amidine groups is 1. The van der Waals surface area contributed by atoms with Crippen LogP contribution in [0.3, 0.4) is 0 Å². The second kappa shape index (κ2) is 11.9. The van der Waals surface area contributed by atoms with E-state index < -0.39 is 11.6 Å². The van der Waals surface area contributed by atoms with Crippen molar-refractivity contribution in [3.8, 4) is 0 Å². The summed E-state index contributed by atoms with van der Waals surface area (Å²) in [4.78, 5) is 29.2. The monoisotopic (exact) mass is 473 g/mol. The van der Waals surface area contributed by atoms with Gasteiger partial charge in [-0.2, -0.15) is 15.2 Å². The molecule has 34 heavy (non-hydrogen) atoms. The molecule has 0 saturated heterocycles. The van der Waals surface area contributed by atoms with Gasteiger partial charge in [-0.1, -0.05) is 17.8 Å². The van der Waals surface area contributed by atoms with Crippen molar-refractivity contribution in [3.63, 3.8) is 0 Å². The summed E-state index contributed by atoms with van der Waals surface area (Å²) in [6.45, 7) is 4.60. The van der Waals surface area contributed by atoms with Crippen LogP contribution in [0.4, 0.5) is 0 Å². The maximum absolute atomic E-state index is 13.3. The summed E-state index contributed by atoms with van der Waals surface area (Å²) in [6.07, 6.45) is 0.708. The van der Waals surface area contributed by atoms with Crippen LogP contribution in [0, 0.1) is 18.8 Å². The molecule has 14 nitrogen and oxygen atoms in total. The zero-order valence-electron chi connectivity index (χ0n) is 18.7. The first-order valence-electron chi connectivity index (χ1n) is 10.3. The van der Waals surface area contributed by atoms with E-state index in [2.05, 4.69) is 35.9 Å². The van der Waals surface area contributed by atoms with Crippen molar-refractivity contribution in [2.75, 3.05) is 13.7 Å². The van der Waals surface area contributed by atoms with E-state index in [0.717, 1.165) is 16.1 Å². The number of hydrogen-bond acceptors (Lipinski definition) is 11. The Labute approximate surface area is 196 Å². The molecule has 1 unspecified atom stereocenters. The maximum Gasteiger partial charge on any atom is 0.280 e. The fourth-order valence-electron chi connectivity index (χ4n) is 3.34. The number of nitroso groups, excluding NO2 is 1. The molecule has 1 aromatic carbocycles. The van der Waals surface area contributed by atoms with Crippen molar-refractivity contribution in [2.24, 2.45) is 22.0 Å². The van der Waals surface area contributed by atoms with E-state index in [-0.39, 0.29) is 38.7 Å². The highest BCUT2D eigenvalue weighted by molar-refractivity contribution is 5.97. The summed E-state index contributed by atoms with van der Waals surface area (Å²) >= 11 is 0. The van der Waals surface area contributed by atoms with Gasteiger partial charge in [0, 0.05) is 20.2 Å². The third-order valence-corrected chi connectivity index (χ3v) is 5.28. The second-order valence-electron chi connectivity index (χ2n) is 7.62. The van der Waals surface area contributed by atoms with E-state index in [4.69, 9.17) is 16.4 Å². The van der Waals surface area contributed by atoms with Gasteiger partial charge in [0.1, 0.15) is 6.61 Å². The fourth-order valence-corrected chi connectivity index (χ4v) is 3.34. The number of hydrogen-bond donors (Lipinski definition) is 3. The average molecular weight is 474 g/mol. The molecule has 0 aliphatic heterocycles. The number of aromatic nitrogens is 6. The molecular formula is C20H31N11O3. The number of fused-ring (bicyclic) bond motifs is 1. The quantitative estimate of drug-likeness (QED) is 0.0942. The Hall–Kier alpha value is -3.78. The van der Waals surface area contributed by atoms with Gasteiger partial charge in [-0.25, -0.2) is 10.8 Å². The van der Waals surface area contributed by atoms with Gasteiger partial charge in [0.25, 0.3) is 5.56 Å².